The van der Waals surface area contributed by atoms with Crippen LogP contribution in [-0.4, -0.2) is 27.3 Å². The van der Waals surface area contributed by atoms with Gasteiger partial charge in [0.25, 0.3) is 0 Å². The summed E-state index contributed by atoms with van der Waals surface area (Å²) < 4.78 is 0. The van der Waals surface area contributed by atoms with E-state index in [4.69, 9.17) is 5.11 Å². The van der Waals surface area contributed by atoms with Gasteiger partial charge in [0.1, 0.15) is 5.75 Å². The highest BCUT2D eigenvalue weighted by molar-refractivity contribution is 5.40. The average Bonchev–Trinajstić information content (AvgIpc) is 2.25. The molecule has 0 spiro atoms. The zero-order valence-corrected chi connectivity index (χ0v) is 8.64. The molecule has 0 amide bonds. The molecule has 1 aromatic heterocycles. The van der Waals surface area contributed by atoms with Crippen molar-refractivity contribution in [2.24, 2.45) is 5.29 Å². The molecule has 0 unspecified atom stereocenters. The number of rotatable bonds is 4. The quantitative estimate of drug-likeness (QED) is 0.565. The highest BCUT2D eigenvalue weighted by Crippen LogP contribution is 2.24. The first-order valence-electron chi connectivity index (χ1n) is 4.41. The topological polar surface area (TPSA) is 86.0 Å². The van der Waals surface area contributed by atoms with Crippen molar-refractivity contribution in [3.05, 3.63) is 27.9 Å². The van der Waals surface area contributed by atoms with Crippen LogP contribution in [0.2, 0.25) is 0 Å². The minimum Gasteiger partial charge on any atom is -0.506 e. The number of hydrogen-bond acceptors (Lipinski definition) is 5. The number of aliphatic hydroxyl groups excluding tert-OH is 1. The Hall–Kier alpha value is -1.69. The molecule has 6 heteroatoms. The minimum atomic E-state index is -0.233. The number of aryl methyl sites for hydroxylation is 1. The molecule has 2 N–H and O–H groups in total. The Kier molecular flexibility index (Phi) is 3.56. The number of pyridine rings is 1. The Bertz CT molecular complexity index is 368. The summed E-state index contributed by atoms with van der Waals surface area (Å²) in [6.45, 7) is 1.56. The second-order valence-electron chi connectivity index (χ2n) is 3.25. The largest absolute Gasteiger partial charge is 0.506 e. The van der Waals surface area contributed by atoms with Gasteiger partial charge in [-0.05, 0) is 6.92 Å². The summed E-state index contributed by atoms with van der Waals surface area (Å²) in [7, 11) is 1.49. The van der Waals surface area contributed by atoms with E-state index in [1.165, 1.54) is 13.2 Å². The normalized spacial score (nSPS) is 10.1. The second kappa shape index (κ2) is 4.70. The van der Waals surface area contributed by atoms with Gasteiger partial charge in [0.2, 0.25) is 0 Å². The monoisotopic (exact) mass is 211 g/mol. The highest BCUT2D eigenvalue weighted by Gasteiger charge is 2.12. The van der Waals surface area contributed by atoms with Crippen molar-refractivity contribution in [3.63, 3.8) is 0 Å². The molecule has 0 radical (unpaired) electrons. The Morgan fingerprint density at radius 1 is 1.60 bits per heavy atom. The fourth-order valence-corrected chi connectivity index (χ4v) is 1.25. The van der Waals surface area contributed by atoms with E-state index in [1.54, 1.807) is 6.92 Å². The van der Waals surface area contributed by atoms with Gasteiger partial charge >= 0.3 is 0 Å². The number of aliphatic hydroxyl groups is 1. The van der Waals surface area contributed by atoms with Crippen LogP contribution in [0, 0.1) is 11.8 Å². The first kappa shape index (κ1) is 11.4. The standard InChI is InChI=1S/C9H13N3O3/c1-6-9(14)8(4-12(2)11-15)7(5-13)3-10-6/h3,13-14H,4-5H2,1-2H3. The molecule has 0 atom stereocenters. The lowest BCUT2D eigenvalue weighted by Gasteiger charge is -2.14. The Morgan fingerprint density at radius 3 is 2.80 bits per heavy atom. The molecule has 0 aliphatic heterocycles. The number of hydrogen-bond donors (Lipinski definition) is 2. The molecule has 0 aliphatic carbocycles. The number of aromatic hydroxyl groups is 1. The van der Waals surface area contributed by atoms with Crippen molar-refractivity contribution in [1.82, 2.24) is 9.99 Å². The molecular formula is C9H13N3O3. The molecule has 0 bridgehead atoms. The van der Waals surface area contributed by atoms with E-state index < -0.39 is 0 Å². The summed E-state index contributed by atoms with van der Waals surface area (Å²) in [5.74, 6) is -0.00273. The van der Waals surface area contributed by atoms with Gasteiger partial charge in [0, 0.05) is 24.4 Å². The average molecular weight is 211 g/mol. The third kappa shape index (κ3) is 2.41. The van der Waals surface area contributed by atoms with Gasteiger partial charge in [-0.25, -0.2) is 0 Å². The Morgan fingerprint density at radius 2 is 2.27 bits per heavy atom. The maximum Gasteiger partial charge on any atom is 0.142 e. The number of nitrogens with zero attached hydrogens (tertiary/aromatic N) is 3. The molecular weight excluding hydrogens is 198 g/mol. The van der Waals surface area contributed by atoms with Crippen molar-refractivity contribution in [1.29, 1.82) is 0 Å². The maximum atomic E-state index is 10.2. The molecule has 1 aromatic rings. The maximum absolute atomic E-state index is 10.2. The summed E-state index contributed by atoms with van der Waals surface area (Å²) in [5, 5.41) is 22.6. The predicted molar refractivity (Wildman–Crippen MR) is 53.8 cm³/mol. The lowest BCUT2D eigenvalue weighted by Crippen LogP contribution is -2.12. The molecule has 0 fully saturated rings. The number of aromatic nitrogens is 1. The molecule has 0 aliphatic rings. The molecule has 6 nitrogen and oxygen atoms in total. The first-order chi connectivity index (χ1) is 7.10. The van der Waals surface area contributed by atoms with Crippen LogP contribution in [0.3, 0.4) is 0 Å². The molecule has 15 heavy (non-hydrogen) atoms. The van der Waals surface area contributed by atoms with Crippen LogP contribution in [-0.2, 0) is 13.2 Å². The molecule has 0 aromatic carbocycles. The van der Waals surface area contributed by atoms with E-state index in [-0.39, 0.29) is 18.9 Å². The fraction of sp³-hybridized carbons (Fsp3) is 0.444. The van der Waals surface area contributed by atoms with E-state index >= 15 is 0 Å². The zero-order chi connectivity index (χ0) is 11.4. The minimum absolute atomic E-state index is 0.00273. The smallest absolute Gasteiger partial charge is 0.142 e. The fourth-order valence-electron chi connectivity index (χ4n) is 1.25. The van der Waals surface area contributed by atoms with Crippen molar-refractivity contribution in [3.8, 4) is 5.75 Å². The highest BCUT2D eigenvalue weighted by atomic mass is 16.3. The van der Waals surface area contributed by atoms with Crippen molar-refractivity contribution in [2.75, 3.05) is 7.05 Å². The molecule has 1 rings (SSSR count). The summed E-state index contributed by atoms with van der Waals surface area (Å²) in [4.78, 5) is 14.1. The third-order valence-corrected chi connectivity index (χ3v) is 2.13. The Labute approximate surface area is 87.1 Å². The summed E-state index contributed by atoms with van der Waals surface area (Å²) in [5.41, 5.74) is 1.43. The van der Waals surface area contributed by atoms with Crippen LogP contribution in [0.4, 0.5) is 0 Å². The summed E-state index contributed by atoms with van der Waals surface area (Å²) in [6.07, 6.45) is 1.48. The van der Waals surface area contributed by atoms with Gasteiger partial charge in [0.05, 0.1) is 24.1 Å². The molecule has 0 saturated carbocycles. The van der Waals surface area contributed by atoms with Crippen molar-refractivity contribution in [2.45, 2.75) is 20.1 Å². The third-order valence-electron chi connectivity index (χ3n) is 2.13. The second-order valence-corrected chi connectivity index (χ2v) is 3.25. The van der Waals surface area contributed by atoms with E-state index in [0.717, 1.165) is 5.01 Å². The predicted octanol–water partition coefficient (Wildman–Crippen LogP) is 0.701. The van der Waals surface area contributed by atoms with Crippen LogP contribution in [0.5, 0.6) is 5.75 Å². The van der Waals surface area contributed by atoms with Crippen LogP contribution >= 0.6 is 0 Å². The summed E-state index contributed by atoms with van der Waals surface area (Å²) >= 11 is 0. The van der Waals surface area contributed by atoms with E-state index in [2.05, 4.69) is 10.3 Å². The van der Waals surface area contributed by atoms with E-state index in [9.17, 15) is 10.0 Å². The lowest BCUT2D eigenvalue weighted by molar-refractivity contribution is 0.272. The van der Waals surface area contributed by atoms with Gasteiger partial charge < -0.3 is 10.2 Å². The lowest BCUT2D eigenvalue weighted by atomic mass is 10.1. The van der Waals surface area contributed by atoms with Gasteiger partial charge in [-0.3, -0.25) is 9.99 Å². The van der Waals surface area contributed by atoms with Gasteiger partial charge in [-0.2, -0.15) is 0 Å². The van der Waals surface area contributed by atoms with Crippen LogP contribution in [0.25, 0.3) is 0 Å². The summed E-state index contributed by atoms with van der Waals surface area (Å²) in [6, 6.07) is 0. The molecule has 0 saturated heterocycles. The van der Waals surface area contributed by atoms with Crippen molar-refractivity contribution < 1.29 is 10.2 Å². The van der Waals surface area contributed by atoms with Gasteiger partial charge in [0.15, 0.2) is 0 Å². The Balaban J connectivity index is 3.11. The van der Waals surface area contributed by atoms with Crippen LogP contribution < -0.4 is 0 Å². The van der Waals surface area contributed by atoms with Crippen LogP contribution in [0.1, 0.15) is 16.8 Å². The van der Waals surface area contributed by atoms with Crippen molar-refractivity contribution >= 4 is 0 Å². The molecule has 82 valence electrons. The van der Waals surface area contributed by atoms with E-state index in [1.807, 2.05) is 0 Å². The van der Waals surface area contributed by atoms with Gasteiger partial charge in [-0.1, -0.05) is 0 Å². The van der Waals surface area contributed by atoms with Gasteiger partial charge in [-0.15, -0.1) is 4.91 Å². The van der Waals surface area contributed by atoms with E-state index in [0.29, 0.717) is 16.8 Å². The SMILES string of the molecule is Cc1ncc(CO)c(CN(C)N=O)c1O. The van der Waals surface area contributed by atoms with Crippen LogP contribution in [0.15, 0.2) is 11.5 Å². The number of nitroso groups, excluding NO2 is 1. The molecule has 1 heterocycles. The first-order valence-corrected chi connectivity index (χ1v) is 4.41. The zero-order valence-electron chi connectivity index (χ0n) is 8.64.